The second-order valence-corrected chi connectivity index (χ2v) is 6.31. The third-order valence-electron chi connectivity index (χ3n) is 4.55. The molecule has 1 aromatic rings. The molecule has 6 nitrogen and oxygen atoms in total. The van der Waals surface area contributed by atoms with Crippen molar-refractivity contribution in [3.63, 3.8) is 0 Å². The van der Waals surface area contributed by atoms with Crippen molar-refractivity contribution in [2.45, 2.75) is 49.9 Å². The van der Waals surface area contributed by atoms with Gasteiger partial charge in [-0.05, 0) is 31.2 Å². The maximum Gasteiger partial charge on any atom is 0.251 e. The Hall–Kier alpha value is -1.92. The SMILES string of the molecule is NC1CCC(NC(=O)[C@H]2OCC(=O)N[C@@H]2c2ccccc2)CC1. The average Bonchev–Trinajstić information content (AvgIpc) is 2.57. The Kier molecular flexibility index (Phi) is 4.93. The van der Waals surface area contributed by atoms with Crippen LogP contribution in [0.25, 0.3) is 0 Å². The molecule has 0 aromatic heterocycles. The van der Waals surface area contributed by atoms with Gasteiger partial charge in [0.1, 0.15) is 6.61 Å². The van der Waals surface area contributed by atoms with Gasteiger partial charge < -0.3 is 21.1 Å². The molecule has 0 unspecified atom stereocenters. The lowest BCUT2D eigenvalue weighted by molar-refractivity contribution is -0.148. The first-order valence-electron chi connectivity index (χ1n) is 8.15. The molecule has 1 aliphatic heterocycles. The van der Waals surface area contributed by atoms with Crippen LogP contribution in [0.5, 0.6) is 0 Å². The van der Waals surface area contributed by atoms with Gasteiger partial charge in [0, 0.05) is 12.1 Å². The van der Waals surface area contributed by atoms with E-state index in [0.29, 0.717) is 0 Å². The number of hydrogen-bond acceptors (Lipinski definition) is 4. The largest absolute Gasteiger partial charge is 0.356 e. The quantitative estimate of drug-likeness (QED) is 0.762. The van der Waals surface area contributed by atoms with E-state index in [0.717, 1.165) is 31.2 Å². The lowest BCUT2D eigenvalue weighted by atomic mass is 9.91. The van der Waals surface area contributed by atoms with Crippen molar-refractivity contribution < 1.29 is 14.3 Å². The Bertz CT molecular complexity index is 555. The van der Waals surface area contributed by atoms with Gasteiger partial charge in [-0.25, -0.2) is 0 Å². The van der Waals surface area contributed by atoms with Crippen LogP contribution in [0.4, 0.5) is 0 Å². The Labute approximate surface area is 135 Å². The molecule has 4 N–H and O–H groups in total. The van der Waals surface area contributed by atoms with Crippen LogP contribution in [-0.4, -0.2) is 36.6 Å². The number of carbonyl (C=O) groups is 2. The normalized spacial score (nSPS) is 31.3. The second kappa shape index (κ2) is 7.10. The van der Waals surface area contributed by atoms with E-state index in [1.54, 1.807) is 0 Å². The second-order valence-electron chi connectivity index (χ2n) is 6.31. The van der Waals surface area contributed by atoms with Gasteiger partial charge in [-0.1, -0.05) is 30.3 Å². The molecule has 23 heavy (non-hydrogen) atoms. The first-order valence-corrected chi connectivity index (χ1v) is 8.15. The number of morpholine rings is 1. The molecule has 1 saturated carbocycles. The minimum atomic E-state index is -0.703. The molecule has 124 valence electrons. The van der Waals surface area contributed by atoms with E-state index in [1.807, 2.05) is 30.3 Å². The summed E-state index contributed by atoms with van der Waals surface area (Å²) in [6, 6.07) is 9.36. The standard InChI is InChI=1S/C17H23N3O3/c18-12-6-8-13(9-7-12)19-17(22)16-15(20-14(21)10-23-16)11-4-2-1-3-5-11/h1-5,12-13,15-16H,6-10,18H2,(H,19,22)(H,20,21)/t12?,13?,15-,16+/m1/s1. The Balaban J connectivity index is 1.68. The zero-order chi connectivity index (χ0) is 16.2. The van der Waals surface area contributed by atoms with Crippen LogP contribution in [0.1, 0.15) is 37.3 Å². The van der Waals surface area contributed by atoms with Gasteiger partial charge in [-0.3, -0.25) is 9.59 Å². The van der Waals surface area contributed by atoms with Gasteiger partial charge in [0.05, 0.1) is 6.04 Å². The number of carbonyl (C=O) groups excluding carboxylic acids is 2. The molecule has 0 radical (unpaired) electrons. The number of nitrogens with one attached hydrogen (secondary N) is 2. The van der Waals surface area contributed by atoms with Crippen LogP contribution in [-0.2, 0) is 14.3 Å². The van der Waals surface area contributed by atoms with Crippen LogP contribution in [0.3, 0.4) is 0 Å². The summed E-state index contributed by atoms with van der Waals surface area (Å²) in [5.41, 5.74) is 6.77. The maximum absolute atomic E-state index is 12.6. The monoisotopic (exact) mass is 317 g/mol. The Morgan fingerprint density at radius 1 is 1.17 bits per heavy atom. The molecule has 0 bridgehead atoms. The summed E-state index contributed by atoms with van der Waals surface area (Å²) in [5.74, 6) is -0.370. The molecule has 1 aliphatic carbocycles. The van der Waals surface area contributed by atoms with Crippen molar-refractivity contribution in [3.8, 4) is 0 Å². The molecule has 1 aromatic carbocycles. The molecule has 2 amide bonds. The smallest absolute Gasteiger partial charge is 0.251 e. The fourth-order valence-corrected chi connectivity index (χ4v) is 3.24. The van der Waals surface area contributed by atoms with Crippen LogP contribution >= 0.6 is 0 Å². The maximum atomic E-state index is 12.6. The van der Waals surface area contributed by atoms with Crippen molar-refractivity contribution in [1.82, 2.24) is 10.6 Å². The van der Waals surface area contributed by atoms with Gasteiger partial charge >= 0.3 is 0 Å². The molecule has 2 fully saturated rings. The van der Waals surface area contributed by atoms with E-state index < -0.39 is 12.1 Å². The predicted molar refractivity (Wildman–Crippen MR) is 85.4 cm³/mol. The van der Waals surface area contributed by atoms with Gasteiger partial charge in [0.25, 0.3) is 5.91 Å². The van der Waals surface area contributed by atoms with Crippen molar-refractivity contribution in [3.05, 3.63) is 35.9 Å². The molecular formula is C17H23N3O3. The first-order chi connectivity index (χ1) is 11.1. The van der Waals surface area contributed by atoms with Gasteiger partial charge in [-0.2, -0.15) is 0 Å². The van der Waals surface area contributed by atoms with Crippen molar-refractivity contribution in [2.75, 3.05) is 6.61 Å². The molecule has 2 aliphatic rings. The minimum absolute atomic E-state index is 0.0863. The third-order valence-corrected chi connectivity index (χ3v) is 4.55. The number of nitrogens with two attached hydrogens (primary N) is 1. The molecular weight excluding hydrogens is 294 g/mol. The molecule has 2 atom stereocenters. The fourth-order valence-electron chi connectivity index (χ4n) is 3.24. The summed E-state index contributed by atoms with van der Waals surface area (Å²) in [4.78, 5) is 24.3. The van der Waals surface area contributed by atoms with Crippen molar-refractivity contribution in [2.24, 2.45) is 5.73 Å². The summed E-state index contributed by atoms with van der Waals surface area (Å²) in [7, 11) is 0. The highest BCUT2D eigenvalue weighted by molar-refractivity contribution is 5.86. The predicted octanol–water partition coefficient (Wildman–Crippen LogP) is 0.629. The lowest BCUT2D eigenvalue weighted by Crippen LogP contribution is -2.54. The summed E-state index contributed by atoms with van der Waals surface area (Å²) in [6.45, 7) is -0.0863. The van der Waals surface area contributed by atoms with Crippen LogP contribution < -0.4 is 16.4 Å². The topological polar surface area (TPSA) is 93.4 Å². The molecule has 1 heterocycles. The van der Waals surface area contributed by atoms with Crippen LogP contribution in [0, 0.1) is 0 Å². The third kappa shape index (κ3) is 3.89. The molecule has 0 spiro atoms. The fraction of sp³-hybridized carbons (Fsp3) is 0.529. The lowest BCUT2D eigenvalue weighted by Gasteiger charge is -2.34. The minimum Gasteiger partial charge on any atom is -0.356 e. The number of hydrogen-bond donors (Lipinski definition) is 3. The zero-order valence-corrected chi connectivity index (χ0v) is 13.0. The average molecular weight is 317 g/mol. The van der Waals surface area contributed by atoms with E-state index in [4.69, 9.17) is 10.5 Å². The van der Waals surface area contributed by atoms with Crippen molar-refractivity contribution in [1.29, 1.82) is 0 Å². The van der Waals surface area contributed by atoms with Gasteiger partial charge in [0.15, 0.2) is 6.10 Å². The summed E-state index contributed by atoms with van der Waals surface area (Å²) in [6.07, 6.45) is 2.93. The van der Waals surface area contributed by atoms with E-state index >= 15 is 0 Å². The van der Waals surface area contributed by atoms with E-state index in [2.05, 4.69) is 10.6 Å². The highest BCUT2D eigenvalue weighted by Gasteiger charge is 2.37. The molecule has 6 heteroatoms. The highest BCUT2D eigenvalue weighted by Crippen LogP contribution is 2.24. The van der Waals surface area contributed by atoms with E-state index in [-0.39, 0.29) is 30.5 Å². The van der Waals surface area contributed by atoms with Gasteiger partial charge in [-0.15, -0.1) is 0 Å². The summed E-state index contributed by atoms with van der Waals surface area (Å²) < 4.78 is 5.53. The zero-order valence-electron chi connectivity index (χ0n) is 13.0. The van der Waals surface area contributed by atoms with E-state index in [1.165, 1.54) is 0 Å². The number of amides is 2. The summed E-state index contributed by atoms with van der Waals surface area (Å²) in [5, 5.41) is 5.92. The number of rotatable bonds is 3. The number of ether oxygens (including phenoxy) is 1. The highest BCUT2D eigenvalue weighted by atomic mass is 16.5. The van der Waals surface area contributed by atoms with Crippen molar-refractivity contribution >= 4 is 11.8 Å². The summed E-state index contributed by atoms with van der Waals surface area (Å²) >= 11 is 0. The van der Waals surface area contributed by atoms with E-state index in [9.17, 15) is 9.59 Å². The van der Waals surface area contributed by atoms with Crippen LogP contribution in [0.15, 0.2) is 30.3 Å². The first kappa shape index (κ1) is 16.0. The Morgan fingerprint density at radius 2 is 1.87 bits per heavy atom. The Morgan fingerprint density at radius 3 is 2.57 bits per heavy atom. The van der Waals surface area contributed by atoms with Crippen LogP contribution in [0.2, 0.25) is 0 Å². The molecule has 3 rings (SSSR count). The number of benzene rings is 1. The molecule has 1 saturated heterocycles. The van der Waals surface area contributed by atoms with Gasteiger partial charge in [0.2, 0.25) is 5.91 Å².